The van der Waals surface area contributed by atoms with E-state index in [0.29, 0.717) is 11.0 Å². The molecule has 0 amide bonds. The van der Waals surface area contributed by atoms with Crippen molar-refractivity contribution in [3.05, 3.63) is 29.1 Å². The maximum Gasteiger partial charge on any atom is 0.449 e. The van der Waals surface area contributed by atoms with Crippen LogP contribution < -0.4 is 5.73 Å². The molecular weight excluding hydrogens is 255 g/mol. The molecule has 0 bridgehead atoms. The Labute approximate surface area is 109 Å². The van der Waals surface area contributed by atoms with Gasteiger partial charge in [-0.25, -0.2) is 4.98 Å². The summed E-state index contributed by atoms with van der Waals surface area (Å²) in [5, 5.41) is 0. The molecule has 0 aliphatic heterocycles. The topological polar surface area (TPSA) is 43.8 Å². The normalized spacial score (nSPS) is 14.1. The Balaban J connectivity index is 2.82. The van der Waals surface area contributed by atoms with Crippen LogP contribution in [0, 0.1) is 13.8 Å². The number of hydrogen-bond donors (Lipinski definition) is 1. The van der Waals surface area contributed by atoms with Gasteiger partial charge in [-0.2, -0.15) is 13.2 Å². The van der Waals surface area contributed by atoms with Gasteiger partial charge in [-0.15, -0.1) is 0 Å². The number of fused-ring (bicyclic) bond motifs is 1. The lowest BCUT2D eigenvalue weighted by Gasteiger charge is -2.17. The molecule has 1 unspecified atom stereocenters. The van der Waals surface area contributed by atoms with Gasteiger partial charge in [-0.3, -0.25) is 0 Å². The molecule has 19 heavy (non-hydrogen) atoms. The van der Waals surface area contributed by atoms with Crippen molar-refractivity contribution in [2.24, 2.45) is 5.73 Å². The van der Waals surface area contributed by atoms with E-state index in [0.717, 1.165) is 11.1 Å². The third-order valence-electron chi connectivity index (χ3n) is 3.34. The number of aromatic nitrogens is 2. The first-order chi connectivity index (χ1) is 8.75. The molecule has 0 saturated carbocycles. The Bertz CT molecular complexity index is 614. The molecular formula is C13H16F3N3. The number of hydrogen-bond acceptors (Lipinski definition) is 2. The van der Waals surface area contributed by atoms with Gasteiger partial charge in [-0.05, 0) is 44.0 Å². The second-order valence-corrected chi connectivity index (χ2v) is 4.81. The van der Waals surface area contributed by atoms with E-state index < -0.39 is 18.0 Å². The predicted molar refractivity (Wildman–Crippen MR) is 68.0 cm³/mol. The summed E-state index contributed by atoms with van der Waals surface area (Å²) in [7, 11) is 0. The molecule has 1 heterocycles. The van der Waals surface area contributed by atoms with Crippen molar-refractivity contribution in [1.82, 2.24) is 9.55 Å². The Morgan fingerprint density at radius 3 is 2.37 bits per heavy atom. The molecule has 2 aromatic rings. The minimum Gasteiger partial charge on any atom is -0.328 e. The first-order valence-corrected chi connectivity index (χ1v) is 6.02. The zero-order valence-electron chi connectivity index (χ0n) is 11.0. The van der Waals surface area contributed by atoms with Crippen molar-refractivity contribution in [2.45, 2.75) is 33.0 Å². The Morgan fingerprint density at radius 1 is 1.26 bits per heavy atom. The minimum atomic E-state index is -4.48. The monoisotopic (exact) mass is 271 g/mol. The third-order valence-corrected chi connectivity index (χ3v) is 3.34. The largest absolute Gasteiger partial charge is 0.449 e. The smallest absolute Gasteiger partial charge is 0.328 e. The summed E-state index contributed by atoms with van der Waals surface area (Å²) in [6, 6.07) is 2.96. The average molecular weight is 271 g/mol. The molecule has 0 fully saturated rings. The number of benzene rings is 1. The van der Waals surface area contributed by atoms with Crippen molar-refractivity contribution < 1.29 is 13.2 Å². The number of alkyl halides is 3. The van der Waals surface area contributed by atoms with E-state index in [2.05, 4.69) is 4.98 Å². The SMILES string of the molecule is Cc1cc2nc(C(F)(F)F)n(C(C)CN)c2cc1C. The molecule has 2 N–H and O–H groups in total. The molecule has 0 aliphatic rings. The van der Waals surface area contributed by atoms with Crippen molar-refractivity contribution in [2.75, 3.05) is 6.54 Å². The Kier molecular flexibility index (Phi) is 3.30. The minimum absolute atomic E-state index is 0.126. The van der Waals surface area contributed by atoms with Crippen LogP contribution in [0.4, 0.5) is 13.2 Å². The van der Waals surface area contributed by atoms with E-state index in [1.165, 1.54) is 4.57 Å². The summed E-state index contributed by atoms with van der Waals surface area (Å²) >= 11 is 0. The van der Waals surface area contributed by atoms with E-state index >= 15 is 0 Å². The van der Waals surface area contributed by atoms with Crippen molar-refractivity contribution in [3.63, 3.8) is 0 Å². The Morgan fingerprint density at radius 2 is 1.84 bits per heavy atom. The molecule has 2 rings (SSSR count). The number of halogens is 3. The highest BCUT2D eigenvalue weighted by atomic mass is 19.4. The van der Waals surface area contributed by atoms with E-state index in [-0.39, 0.29) is 6.54 Å². The van der Waals surface area contributed by atoms with Crippen LogP contribution in [-0.4, -0.2) is 16.1 Å². The highest BCUT2D eigenvalue weighted by Gasteiger charge is 2.38. The average Bonchev–Trinajstić information content (AvgIpc) is 2.67. The third kappa shape index (κ3) is 2.32. The number of nitrogens with two attached hydrogens (primary N) is 1. The summed E-state index contributed by atoms with van der Waals surface area (Å²) in [6.07, 6.45) is -4.48. The molecule has 0 spiro atoms. The summed E-state index contributed by atoms with van der Waals surface area (Å²) in [4.78, 5) is 3.74. The maximum atomic E-state index is 13.1. The highest BCUT2D eigenvalue weighted by Crippen LogP contribution is 2.34. The second-order valence-electron chi connectivity index (χ2n) is 4.81. The fourth-order valence-corrected chi connectivity index (χ4v) is 2.10. The number of aryl methyl sites for hydroxylation is 2. The zero-order valence-corrected chi connectivity index (χ0v) is 11.0. The standard InChI is InChI=1S/C13H16F3N3/c1-7-4-10-11(5-8(7)2)19(9(3)6-17)12(18-10)13(14,15)16/h4-5,9H,6,17H2,1-3H3. The van der Waals surface area contributed by atoms with Gasteiger partial charge in [0.05, 0.1) is 11.0 Å². The lowest BCUT2D eigenvalue weighted by molar-refractivity contribution is -0.147. The summed E-state index contributed by atoms with van der Waals surface area (Å²) < 4.78 is 40.4. The maximum absolute atomic E-state index is 13.1. The molecule has 0 aliphatic carbocycles. The van der Waals surface area contributed by atoms with Crippen LogP contribution >= 0.6 is 0 Å². The van der Waals surface area contributed by atoms with Crippen LogP contribution in [0.15, 0.2) is 12.1 Å². The van der Waals surface area contributed by atoms with Gasteiger partial charge in [0.15, 0.2) is 0 Å². The second kappa shape index (κ2) is 4.52. The molecule has 6 heteroatoms. The molecule has 0 saturated heterocycles. The van der Waals surface area contributed by atoms with Crippen LogP contribution in [0.25, 0.3) is 11.0 Å². The lowest BCUT2D eigenvalue weighted by atomic mass is 10.1. The molecule has 1 atom stereocenters. The number of rotatable bonds is 2. The molecule has 104 valence electrons. The number of imidazole rings is 1. The highest BCUT2D eigenvalue weighted by molar-refractivity contribution is 5.78. The van der Waals surface area contributed by atoms with E-state index in [1.807, 2.05) is 13.8 Å². The molecule has 1 aromatic carbocycles. The fourth-order valence-electron chi connectivity index (χ4n) is 2.10. The van der Waals surface area contributed by atoms with Crippen LogP contribution in [0.2, 0.25) is 0 Å². The quantitative estimate of drug-likeness (QED) is 0.911. The van der Waals surface area contributed by atoms with Crippen molar-refractivity contribution >= 4 is 11.0 Å². The van der Waals surface area contributed by atoms with Crippen LogP contribution in [0.3, 0.4) is 0 Å². The molecule has 3 nitrogen and oxygen atoms in total. The lowest BCUT2D eigenvalue weighted by Crippen LogP contribution is -2.22. The van der Waals surface area contributed by atoms with Gasteiger partial charge < -0.3 is 10.3 Å². The summed E-state index contributed by atoms with van der Waals surface area (Å²) in [5.41, 5.74) is 8.21. The van der Waals surface area contributed by atoms with Gasteiger partial charge in [-0.1, -0.05) is 0 Å². The molecule has 1 aromatic heterocycles. The van der Waals surface area contributed by atoms with E-state index in [9.17, 15) is 13.2 Å². The van der Waals surface area contributed by atoms with Crippen LogP contribution in [-0.2, 0) is 6.18 Å². The first-order valence-electron chi connectivity index (χ1n) is 6.02. The van der Waals surface area contributed by atoms with Gasteiger partial charge in [0.2, 0.25) is 5.82 Å². The fraction of sp³-hybridized carbons (Fsp3) is 0.462. The van der Waals surface area contributed by atoms with E-state index in [1.54, 1.807) is 19.1 Å². The van der Waals surface area contributed by atoms with Crippen molar-refractivity contribution in [3.8, 4) is 0 Å². The number of nitrogens with zero attached hydrogens (tertiary/aromatic N) is 2. The van der Waals surface area contributed by atoms with Gasteiger partial charge in [0, 0.05) is 12.6 Å². The van der Waals surface area contributed by atoms with Gasteiger partial charge in [0.25, 0.3) is 0 Å². The van der Waals surface area contributed by atoms with Gasteiger partial charge in [0.1, 0.15) is 0 Å². The predicted octanol–water partition coefficient (Wildman–Crippen LogP) is 3.19. The molecule has 0 radical (unpaired) electrons. The first kappa shape index (κ1) is 13.9. The van der Waals surface area contributed by atoms with Crippen LogP contribution in [0.5, 0.6) is 0 Å². The Hall–Kier alpha value is -1.56. The zero-order chi connectivity index (χ0) is 14.4. The van der Waals surface area contributed by atoms with Crippen LogP contribution in [0.1, 0.15) is 29.9 Å². The van der Waals surface area contributed by atoms with Gasteiger partial charge >= 0.3 is 6.18 Å². The summed E-state index contributed by atoms with van der Waals surface area (Å²) in [5.74, 6) is -0.884. The summed E-state index contributed by atoms with van der Waals surface area (Å²) in [6.45, 7) is 5.51. The van der Waals surface area contributed by atoms with E-state index in [4.69, 9.17) is 5.73 Å². The van der Waals surface area contributed by atoms with Crippen molar-refractivity contribution in [1.29, 1.82) is 0 Å².